The van der Waals surface area contributed by atoms with Gasteiger partial charge in [0.05, 0.1) is 12.0 Å². The first-order chi connectivity index (χ1) is 10.1. The van der Waals surface area contributed by atoms with Crippen LogP contribution in [-0.4, -0.2) is 23.3 Å². The Hall–Kier alpha value is -2.62. The lowest BCUT2D eigenvalue weighted by atomic mass is 10.1. The van der Waals surface area contributed by atoms with Gasteiger partial charge in [-0.25, -0.2) is 0 Å². The van der Waals surface area contributed by atoms with E-state index in [2.05, 4.69) is 0 Å². The van der Waals surface area contributed by atoms with E-state index >= 15 is 0 Å². The fourth-order valence-corrected chi connectivity index (χ4v) is 1.91. The zero-order valence-corrected chi connectivity index (χ0v) is 11.7. The van der Waals surface area contributed by atoms with Gasteiger partial charge in [0.25, 0.3) is 0 Å². The van der Waals surface area contributed by atoms with Gasteiger partial charge in [-0.05, 0) is 30.7 Å². The molecule has 0 aliphatic rings. The standard InChI is InChI=1S/C17H16O4/c1-12-6-2-5-9-17(12)21-11-13(18)10-16(20)14-7-3-4-8-15(14)19/h2-9,19H,10-11H2,1H3. The highest BCUT2D eigenvalue weighted by Crippen LogP contribution is 2.18. The normalized spacial score (nSPS) is 10.1. The molecule has 0 atom stereocenters. The van der Waals surface area contributed by atoms with E-state index in [9.17, 15) is 14.7 Å². The van der Waals surface area contributed by atoms with Gasteiger partial charge >= 0.3 is 0 Å². The summed E-state index contributed by atoms with van der Waals surface area (Å²) in [6.07, 6.45) is -0.288. The summed E-state index contributed by atoms with van der Waals surface area (Å²) in [5.74, 6) is -0.228. The smallest absolute Gasteiger partial charge is 0.177 e. The molecule has 108 valence electrons. The van der Waals surface area contributed by atoms with Gasteiger partial charge in [0.1, 0.15) is 18.1 Å². The molecule has 0 amide bonds. The molecule has 2 rings (SSSR count). The maximum absolute atomic E-state index is 11.9. The lowest BCUT2D eigenvalue weighted by Crippen LogP contribution is -2.16. The van der Waals surface area contributed by atoms with Crippen molar-refractivity contribution in [2.45, 2.75) is 13.3 Å². The van der Waals surface area contributed by atoms with Crippen molar-refractivity contribution in [2.75, 3.05) is 6.61 Å². The van der Waals surface area contributed by atoms with E-state index < -0.39 is 5.78 Å². The van der Waals surface area contributed by atoms with Crippen LogP contribution < -0.4 is 4.74 Å². The number of ketones is 2. The molecule has 2 aromatic rings. The first-order valence-electron chi connectivity index (χ1n) is 6.59. The number of aromatic hydroxyl groups is 1. The Morgan fingerprint density at radius 3 is 2.43 bits per heavy atom. The van der Waals surface area contributed by atoms with E-state index in [4.69, 9.17) is 4.74 Å². The van der Waals surface area contributed by atoms with Gasteiger partial charge < -0.3 is 9.84 Å². The molecule has 1 N–H and O–H groups in total. The Labute approximate surface area is 123 Å². The molecule has 4 heteroatoms. The van der Waals surface area contributed by atoms with Gasteiger partial charge in [-0.15, -0.1) is 0 Å². The van der Waals surface area contributed by atoms with E-state index in [-0.39, 0.29) is 30.1 Å². The van der Waals surface area contributed by atoms with Gasteiger partial charge in [-0.3, -0.25) is 9.59 Å². The second-order valence-electron chi connectivity index (χ2n) is 4.71. The Bertz CT molecular complexity index is 661. The number of hydrogen-bond donors (Lipinski definition) is 1. The minimum atomic E-state index is -0.411. The molecule has 0 spiro atoms. The number of carbonyl (C=O) groups is 2. The Kier molecular flexibility index (Phi) is 4.72. The third-order valence-corrected chi connectivity index (χ3v) is 3.04. The molecule has 0 aliphatic heterocycles. The number of phenolic OH excluding ortho intramolecular Hbond substituents is 1. The zero-order chi connectivity index (χ0) is 15.2. The van der Waals surface area contributed by atoms with Crippen LogP contribution in [0.4, 0.5) is 0 Å². The summed E-state index contributed by atoms with van der Waals surface area (Å²) in [5, 5.41) is 9.57. The molecule has 0 aliphatic carbocycles. The number of rotatable bonds is 6. The molecule has 0 fully saturated rings. The van der Waals surface area contributed by atoms with Gasteiger partial charge in [-0.2, -0.15) is 0 Å². The van der Waals surface area contributed by atoms with Crippen molar-refractivity contribution in [3.05, 3.63) is 59.7 Å². The maximum Gasteiger partial charge on any atom is 0.177 e. The van der Waals surface area contributed by atoms with E-state index in [1.165, 1.54) is 12.1 Å². The first-order valence-corrected chi connectivity index (χ1v) is 6.59. The second kappa shape index (κ2) is 6.70. The lowest BCUT2D eigenvalue weighted by molar-refractivity contribution is -0.120. The average molecular weight is 284 g/mol. The number of para-hydroxylation sites is 2. The quantitative estimate of drug-likeness (QED) is 0.654. The van der Waals surface area contributed by atoms with Crippen molar-refractivity contribution in [3.63, 3.8) is 0 Å². The van der Waals surface area contributed by atoms with Crippen molar-refractivity contribution in [1.29, 1.82) is 0 Å². The molecule has 0 radical (unpaired) electrons. The molecular formula is C17H16O4. The van der Waals surface area contributed by atoms with Crippen LogP contribution in [0.3, 0.4) is 0 Å². The lowest BCUT2D eigenvalue weighted by Gasteiger charge is -2.08. The number of ether oxygens (including phenoxy) is 1. The largest absolute Gasteiger partial charge is 0.507 e. The van der Waals surface area contributed by atoms with E-state index in [0.29, 0.717) is 5.75 Å². The number of aryl methyl sites for hydroxylation is 1. The van der Waals surface area contributed by atoms with Gasteiger partial charge in [0.15, 0.2) is 11.6 Å². The monoisotopic (exact) mass is 284 g/mol. The van der Waals surface area contributed by atoms with Crippen molar-refractivity contribution in [2.24, 2.45) is 0 Å². The summed E-state index contributed by atoms with van der Waals surface area (Å²) < 4.78 is 5.40. The number of phenols is 1. The molecule has 21 heavy (non-hydrogen) atoms. The summed E-state index contributed by atoms with van der Waals surface area (Å²) in [6, 6.07) is 13.5. The summed E-state index contributed by atoms with van der Waals surface area (Å²) in [4.78, 5) is 23.7. The van der Waals surface area contributed by atoms with E-state index in [1.807, 2.05) is 25.1 Å². The fourth-order valence-electron chi connectivity index (χ4n) is 1.91. The van der Waals surface area contributed by atoms with E-state index in [0.717, 1.165) is 5.56 Å². The fraction of sp³-hybridized carbons (Fsp3) is 0.176. The summed E-state index contributed by atoms with van der Waals surface area (Å²) in [6.45, 7) is 1.72. The van der Waals surface area contributed by atoms with E-state index in [1.54, 1.807) is 18.2 Å². The average Bonchev–Trinajstić information content (AvgIpc) is 2.46. The number of carbonyl (C=O) groups excluding carboxylic acids is 2. The van der Waals surface area contributed by atoms with Crippen LogP contribution in [-0.2, 0) is 4.79 Å². The van der Waals surface area contributed by atoms with Crippen LogP contribution in [0.2, 0.25) is 0 Å². The van der Waals surface area contributed by atoms with Crippen molar-refractivity contribution < 1.29 is 19.4 Å². The van der Waals surface area contributed by atoms with Crippen LogP contribution in [0, 0.1) is 6.92 Å². The molecule has 0 aromatic heterocycles. The maximum atomic E-state index is 11.9. The summed E-state index contributed by atoms with van der Waals surface area (Å²) >= 11 is 0. The molecule has 0 heterocycles. The minimum absolute atomic E-state index is 0.116. The Morgan fingerprint density at radius 2 is 1.71 bits per heavy atom. The van der Waals surface area contributed by atoms with Crippen LogP contribution in [0.1, 0.15) is 22.3 Å². The minimum Gasteiger partial charge on any atom is -0.507 e. The third kappa shape index (κ3) is 3.92. The first kappa shape index (κ1) is 14.8. The molecule has 0 saturated heterocycles. The van der Waals surface area contributed by atoms with Gasteiger partial charge in [-0.1, -0.05) is 30.3 Å². The summed E-state index contributed by atoms with van der Waals surface area (Å²) in [7, 11) is 0. The highest BCUT2D eigenvalue weighted by Gasteiger charge is 2.15. The van der Waals surface area contributed by atoms with Gasteiger partial charge in [0.2, 0.25) is 0 Å². The van der Waals surface area contributed by atoms with Crippen molar-refractivity contribution in [1.82, 2.24) is 0 Å². The predicted molar refractivity (Wildman–Crippen MR) is 78.7 cm³/mol. The molecule has 2 aromatic carbocycles. The highest BCUT2D eigenvalue weighted by molar-refractivity contribution is 6.09. The van der Waals surface area contributed by atoms with Crippen LogP contribution in [0.15, 0.2) is 48.5 Å². The van der Waals surface area contributed by atoms with Crippen molar-refractivity contribution in [3.8, 4) is 11.5 Å². The topological polar surface area (TPSA) is 63.6 Å². The Morgan fingerprint density at radius 1 is 1.05 bits per heavy atom. The van der Waals surface area contributed by atoms with Crippen molar-refractivity contribution >= 4 is 11.6 Å². The van der Waals surface area contributed by atoms with Crippen LogP contribution in [0.25, 0.3) is 0 Å². The number of hydrogen-bond acceptors (Lipinski definition) is 4. The molecule has 4 nitrogen and oxygen atoms in total. The van der Waals surface area contributed by atoms with Crippen LogP contribution >= 0.6 is 0 Å². The predicted octanol–water partition coefficient (Wildman–Crippen LogP) is 2.92. The molecule has 0 unspecified atom stereocenters. The molecule has 0 bridgehead atoms. The SMILES string of the molecule is Cc1ccccc1OCC(=O)CC(=O)c1ccccc1O. The zero-order valence-electron chi connectivity index (χ0n) is 11.7. The second-order valence-corrected chi connectivity index (χ2v) is 4.71. The number of benzene rings is 2. The molecule has 0 saturated carbocycles. The Balaban J connectivity index is 1.92. The van der Waals surface area contributed by atoms with Gasteiger partial charge in [0, 0.05) is 0 Å². The third-order valence-electron chi connectivity index (χ3n) is 3.04. The van der Waals surface area contributed by atoms with Crippen LogP contribution in [0.5, 0.6) is 11.5 Å². The highest BCUT2D eigenvalue weighted by atomic mass is 16.5. The number of Topliss-reactive ketones (excluding diaryl/α,β-unsaturated/α-hetero) is 2. The summed E-state index contributed by atoms with van der Waals surface area (Å²) in [5.41, 5.74) is 1.08. The molecular weight excluding hydrogens is 268 g/mol.